The van der Waals surface area contributed by atoms with Gasteiger partial charge in [0.05, 0.1) is 54.2 Å². The number of benzene rings is 2. The molecular weight excluding hydrogens is 541 g/mol. The van der Waals surface area contributed by atoms with Gasteiger partial charge in [0.15, 0.2) is 11.5 Å². The normalized spacial score (nSPS) is 19.9. The Balaban J connectivity index is 1.56. The van der Waals surface area contributed by atoms with E-state index in [1.165, 1.54) is 13.0 Å². The van der Waals surface area contributed by atoms with Gasteiger partial charge in [-0.2, -0.15) is 18.2 Å². The monoisotopic (exact) mass is 566 g/mol. The van der Waals surface area contributed by atoms with Gasteiger partial charge in [-0.25, -0.2) is 4.99 Å². The molecule has 1 saturated heterocycles. The molecule has 192 valence electrons. The van der Waals surface area contributed by atoms with Gasteiger partial charge in [0.2, 0.25) is 5.96 Å². The van der Waals surface area contributed by atoms with Crippen LogP contribution in [0.2, 0.25) is 0 Å². The molecule has 0 aromatic heterocycles. The molecule has 0 aliphatic carbocycles. The fourth-order valence-electron chi connectivity index (χ4n) is 4.80. The Kier molecular flexibility index (Phi) is 6.63. The minimum absolute atomic E-state index is 0.110. The summed E-state index contributed by atoms with van der Waals surface area (Å²) in [4.78, 5) is 11.2. The lowest BCUT2D eigenvalue weighted by Crippen LogP contribution is -2.39. The van der Waals surface area contributed by atoms with Crippen molar-refractivity contribution in [2.24, 2.45) is 9.98 Å². The highest BCUT2D eigenvalue weighted by atomic mass is 79.9. The number of rotatable bonds is 5. The van der Waals surface area contributed by atoms with Crippen LogP contribution >= 0.6 is 15.9 Å². The molecule has 11 heteroatoms. The van der Waals surface area contributed by atoms with E-state index < -0.39 is 17.8 Å². The number of alkyl halides is 3. The highest BCUT2D eigenvalue weighted by molar-refractivity contribution is 9.10. The molecular formula is C25H26BrF3N4O3. The Morgan fingerprint density at radius 2 is 2.11 bits per heavy atom. The summed E-state index contributed by atoms with van der Waals surface area (Å²) in [6.07, 6.45) is -3.77. The molecule has 3 heterocycles. The molecule has 0 saturated carbocycles. The van der Waals surface area contributed by atoms with E-state index in [0.29, 0.717) is 59.6 Å². The summed E-state index contributed by atoms with van der Waals surface area (Å²) in [7, 11) is 1.58. The topological polar surface area (TPSA) is 67.7 Å². The van der Waals surface area contributed by atoms with Crippen molar-refractivity contribution in [3.05, 3.63) is 51.0 Å². The van der Waals surface area contributed by atoms with Crippen molar-refractivity contribution >= 4 is 33.4 Å². The smallest absolute Gasteiger partial charge is 0.416 e. The summed E-state index contributed by atoms with van der Waals surface area (Å²) < 4.78 is 58.6. The third kappa shape index (κ3) is 4.43. The van der Waals surface area contributed by atoms with Crippen LogP contribution in [0.3, 0.4) is 0 Å². The Morgan fingerprint density at radius 1 is 1.31 bits per heavy atom. The summed E-state index contributed by atoms with van der Waals surface area (Å²) in [6, 6.07) is 5.66. The molecule has 1 N–H and O–H groups in total. The third-order valence-corrected chi connectivity index (χ3v) is 7.37. The van der Waals surface area contributed by atoms with Gasteiger partial charge >= 0.3 is 6.18 Å². The zero-order valence-corrected chi connectivity index (χ0v) is 21.7. The van der Waals surface area contributed by atoms with E-state index in [9.17, 15) is 13.2 Å². The first-order valence-corrected chi connectivity index (χ1v) is 12.5. The number of aliphatic imine (C=N–C) groups is 2. The number of amidine groups is 1. The molecule has 2 aromatic rings. The van der Waals surface area contributed by atoms with Gasteiger partial charge in [0.1, 0.15) is 11.9 Å². The van der Waals surface area contributed by atoms with E-state index in [0.717, 1.165) is 23.7 Å². The molecule has 0 radical (unpaired) electrons. The molecule has 3 aliphatic heterocycles. The van der Waals surface area contributed by atoms with Crippen LogP contribution in [0.4, 0.5) is 18.9 Å². The van der Waals surface area contributed by atoms with Crippen LogP contribution in [0.25, 0.3) is 0 Å². The number of ether oxygens (including phenoxy) is 3. The van der Waals surface area contributed by atoms with Crippen LogP contribution in [0, 0.1) is 6.92 Å². The van der Waals surface area contributed by atoms with Crippen molar-refractivity contribution in [2.45, 2.75) is 38.6 Å². The Labute approximate surface area is 215 Å². The predicted octanol–water partition coefficient (Wildman–Crippen LogP) is 5.24. The molecule has 0 bridgehead atoms. The molecule has 2 atom stereocenters. The summed E-state index contributed by atoms with van der Waals surface area (Å²) in [6.45, 7) is 5.68. The molecule has 1 unspecified atom stereocenters. The first-order valence-electron chi connectivity index (χ1n) is 11.7. The molecule has 0 amide bonds. The standard InChI is InChI=1S/C25H26BrF3N4O3/c1-13-16(5-4-6-17(13)25(27,28)29)14(2)31-23-20-18(33-9-8-30-24(33)32-23)11-19(34-3)22(21(20)26)36-15-7-10-35-12-15/h4-6,11,14-15H,7-10,12H2,1-3H3,(H,30,31,32)/t14-,15?/m1/s1. The van der Waals surface area contributed by atoms with Crippen molar-refractivity contribution < 1.29 is 27.4 Å². The molecule has 0 spiro atoms. The maximum Gasteiger partial charge on any atom is 0.416 e. The van der Waals surface area contributed by atoms with E-state index in [1.54, 1.807) is 13.2 Å². The van der Waals surface area contributed by atoms with Gasteiger partial charge in [0.25, 0.3) is 0 Å². The molecule has 2 aromatic carbocycles. The fraction of sp³-hybridized carbons (Fsp3) is 0.440. The van der Waals surface area contributed by atoms with Crippen LogP contribution in [0.1, 0.15) is 41.6 Å². The summed E-state index contributed by atoms with van der Waals surface area (Å²) in [5.74, 6) is 2.13. The van der Waals surface area contributed by atoms with Crippen molar-refractivity contribution in [3.8, 4) is 11.5 Å². The SMILES string of the molecule is COc1cc2c(c(Br)c1OC1CCOC1)C(N[C@H](C)c1cccc(C(F)(F)F)c1C)=NC1=NCCN12. The maximum atomic E-state index is 13.5. The number of hydrogen-bond acceptors (Lipinski definition) is 7. The van der Waals surface area contributed by atoms with Crippen molar-refractivity contribution in [2.75, 3.05) is 38.3 Å². The second-order valence-corrected chi connectivity index (χ2v) is 9.69. The van der Waals surface area contributed by atoms with E-state index in [1.807, 2.05) is 17.9 Å². The van der Waals surface area contributed by atoms with E-state index in [2.05, 4.69) is 26.2 Å². The number of nitrogens with zero attached hydrogens (tertiary/aromatic N) is 3. The quantitative estimate of drug-likeness (QED) is 0.536. The lowest BCUT2D eigenvalue weighted by atomic mass is 9.96. The number of hydrogen-bond donors (Lipinski definition) is 1. The molecule has 36 heavy (non-hydrogen) atoms. The number of methoxy groups -OCH3 is 1. The first kappa shape index (κ1) is 24.9. The Morgan fingerprint density at radius 3 is 2.81 bits per heavy atom. The largest absolute Gasteiger partial charge is 0.493 e. The van der Waals surface area contributed by atoms with Crippen molar-refractivity contribution in [3.63, 3.8) is 0 Å². The summed E-state index contributed by atoms with van der Waals surface area (Å²) >= 11 is 3.72. The Bertz CT molecular complexity index is 1240. The van der Waals surface area contributed by atoms with Crippen LogP contribution in [-0.4, -0.2) is 51.3 Å². The second-order valence-electron chi connectivity index (χ2n) is 8.90. The minimum atomic E-state index is -4.43. The summed E-state index contributed by atoms with van der Waals surface area (Å²) in [5.41, 5.74) is 1.64. The second kappa shape index (κ2) is 9.59. The van der Waals surface area contributed by atoms with E-state index >= 15 is 0 Å². The number of fused-ring (bicyclic) bond motifs is 3. The number of halogens is 4. The highest BCUT2D eigenvalue weighted by Crippen LogP contribution is 2.46. The van der Waals surface area contributed by atoms with Gasteiger partial charge in [-0.3, -0.25) is 0 Å². The van der Waals surface area contributed by atoms with Gasteiger partial charge < -0.3 is 24.4 Å². The lowest BCUT2D eigenvalue weighted by molar-refractivity contribution is -0.138. The fourth-order valence-corrected chi connectivity index (χ4v) is 5.48. The summed E-state index contributed by atoms with van der Waals surface area (Å²) in [5, 5.41) is 3.35. The van der Waals surface area contributed by atoms with Crippen LogP contribution in [-0.2, 0) is 10.9 Å². The highest BCUT2D eigenvalue weighted by Gasteiger charge is 2.36. The maximum absolute atomic E-state index is 13.5. The van der Waals surface area contributed by atoms with Gasteiger partial charge in [-0.05, 0) is 47.0 Å². The van der Waals surface area contributed by atoms with E-state index in [-0.39, 0.29) is 11.7 Å². The van der Waals surface area contributed by atoms with E-state index in [4.69, 9.17) is 19.2 Å². The number of nitrogens with one attached hydrogen (secondary N) is 1. The molecule has 5 rings (SSSR count). The van der Waals surface area contributed by atoms with Crippen LogP contribution in [0.5, 0.6) is 11.5 Å². The average molecular weight is 567 g/mol. The average Bonchev–Trinajstić information content (AvgIpc) is 3.51. The van der Waals surface area contributed by atoms with Crippen LogP contribution in [0.15, 0.2) is 38.7 Å². The molecule has 3 aliphatic rings. The van der Waals surface area contributed by atoms with Gasteiger partial charge in [0, 0.05) is 19.0 Å². The predicted molar refractivity (Wildman–Crippen MR) is 134 cm³/mol. The van der Waals surface area contributed by atoms with Crippen molar-refractivity contribution in [1.29, 1.82) is 0 Å². The van der Waals surface area contributed by atoms with Gasteiger partial charge in [-0.1, -0.05) is 12.1 Å². The first-order chi connectivity index (χ1) is 17.2. The Hall–Kier alpha value is -2.79. The zero-order chi connectivity index (χ0) is 25.6. The third-order valence-electron chi connectivity index (χ3n) is 6.62. The van der Waals surface area contributed by atoms with Gasteiger partial charge in [-0.15, -0.1) is 0 Å². The molecule has 7 nitrogen and oxygen atoms in total. The van der Waals surface area contributed by atoms with Crippen LogP contribution < -0.4 is 19.7 Å². The number of guanidine groups is 1. The molecule has 1 fully saturated rings. The zero-order valence-electron chi connectivity index (χ0n) is 20.1. The van der Waals surface area contributed by atoms with Crippen molar-refractivity contribution in [1.82, 2.24) is 5.32 Å². The lowest BCUT2D eigenvalue weighted by Gasteiger charge is -2.31. The minimum Gasteiger partial charge on any atom is -0.493 e. The number of anilines is 1.